The van der Waals surface area contributed by atoms with E-state index in [-0.39, 0.29) is 0 Å². The zero-order valence-electron chi connectivity index (χ0n) is 20.2. The van der Waals surface area contributed by atoms with Gasteiger partial charge in [0, 0.05) is 12.1 Å². The molecule has 162 valence electrons. The quantitative estimate of drug-likeness (QED) is 0.321. The van der Waals surface area contributed by atoms with Gasteiger partial charge in [-0.25, -0.2) is 0 Å². The van der Waals surface area contributed by atoms with Crippen molar-refractivity contribution in [2.45, 2.75) is 132 Å². The fraction of sp³-hybridized carbons (Fsp3) is 1.00. The number of hydrogen-bond acceptors (Lipinski definition) is 1. The molecule has 0 aromatic rings. The predicted molar refractivity (Wildman–Crippen MR) is 123 cm³/mol. The second-order valence-electron chi connectivity index (χ2n) is 10.4. The summed E-state index contributed by atoms with van der Waals surface area (Å²) in [5.74, 6) is 5.32. The Morgan fingerprint density at radius 3 is 1.93 bits per heavy atom. The third kappa shape index (κ3) is 8.46. The molecule has 0 aromatic carbocycles. The Morgan fingerprint density at radius 1 is 0.815 bits per heavy atom. The van der Waals surface area contributed by atoms with Crippen LogP contribution in [0.3, 0.4) is 0 Å². The molecule has 1 N–H and O–H groups in total. The largest absolute Gasteiger partial charge is 0.311 e. The Hall–Kier alpha value is -0.0400. The van der Waals surface area contributed by atoms with E-state index in [4.69, 9.17) is 0 Å². The van der Waals surface area contributed by atoms with Crippen molar-refractivity contribution in [3.8, 4) is 0 Å². The van der Waals surface area contributed by atoms with E-state index in [1.54, 1.807) is 0 Å². The first-order chi connectivity index (χ1) is 12.9. The third-order valence-corrected chi connectivity index (χ3v) is 7.62. The fourth-order valence-corrected chi connectivity index (χ4v) is 6.05. The molecule has 7 unspecified atom stereocenters. The van der Waals surface area contributed by atoms with E-state index >= 15 is 0 Å². The van der Waals surface area contributed by atoms with Gasteiger partial charge in [-0.15, -0.1) is 0 Å². The standard InChI is InChI=1S/C26H53N/c1-9-13-22(11-3)20(7)17-26-21(8)16-25(27-26)18-24(14-10-2)23(12-4)15-19(5)6/h19-27H,9-18H2,1-8H3. The highest BCUT2D eigenvalue weighted by atomic mass is 15.0. The summed E-state index contributed by atoms with van der Waals surface area (Å²) in [7, 11) is 0. The van der Waals surface area contributed by atoms with E-state index in [9.17, 15) is 0 Å². The normalized spacial score (nSPS) is 27.7. The maximum atomic E-state index is 4.11. The van der Waals surface area contributed by atoms with Crippen LogP contribution in [0.5, 0.6) is 0 Å². The Balaban J connectivity index is 2.63. The minimum Gasteiger partial charge on any atom is -0.311 e. The molecule has 0 aliphatic carbocycles. The molecular weight excluding hydrogens is 326 g/mol. The van der Waals surface area contributed by atoms with Gasteiger partial charge in [0.05, 0.1) is 0 Å². The molecule has 1 rings (SSSR count). The van der Waals surface area contributed by atoms with E-state index in [0.717, 1.165) is 47.6 Å². The zero-order valence-corrected chi connectivity index (χ0v) is 20.2. The second kappa shape index (κ2) is 13.2. The van der Waals surface area contributed by atoms with Crippen molar-refractivity contribution in [3.05, 3.63) is 0 Å². The smallest absolute Gasteiger partial charge is 0.00985 e. The molecule has 1 aliphatic rings. The van der Waals surface area contributed by atoms with Crippen LogP contribution in [-0.2, 0) is 0 Å². The van der Waals surface area contributed by atoms with E-state index < -0.39 is 0 Å². The van der Waals surface area contributed by atoms with Crippen LogP contribution in [0.1, 0.15) is 120 Å². The van der Waals surface area contributed by atoms with Crippen molar-refractivity contribution in [1.29, 1.82) is 0 Å². The molecule has 0 aromatic heterocycles. The van der Waals surface area contributed by atoms with Gasteiger partial charge < -0.3 is 5.32 Å². The first kappa shape index (κ1) is 25.0. The van der Waals surface area contributed by atoms with Crippen LogP contribution in [0.25, 0.3) is 0 Å². The Kier molecular flexibility index (Phi) is 12.3. The van der Waals surface area contributed by atoms with E-state index in [1.165, 1.54) is 64.2 Å². The lowest BCUT2D eigenvalue weighted by Crippen LogP contribution is -2.35. The average Bonchev–Trinajstić information content (AvgIpc) is 2.96. The van der Waals surface area contributed by atoms with Gasteiger partial charge in [-0.05, 0) is 61.2 Å². The van der Waals surface area contributed by atoms with Gasteiger partial charge in [0.1, 0.15) is 0 Å². The van der Waals surface area contributed by atoms with Gasteiger partial charge in [-0.3, -0.25) is 0 Å². The first-order valence-corrected chi connectivity index (χ1v) is 12.6. The van der Waals surface area contributed by atoms with Crippen LogP contribution in [-0.4, -0.2) is 12.1 Å². The summed E-state index contributed by atoms with van der Waals surface area (Å²) in [6.45, 7) is 19.4. The lowest BCUT2D eigenvalue weighted by atomic mass is 9.77. The molecule has 0 radical (unpaired) electrons. The lowest BCUT2D eigenvalue weighted by Gasteiger charge is -2.30. The number of nitrogens with one attached hydrogen (secondary N) is 1. The van der Waals surface area contributed by atoms with Gasteiger partial charge in [0.2, 0.25) is 0 Å². The minimum atomic E-state index is 0.753. The molecule has 0 saturated carbocycles. The summed E-state index contributed by atoms with van der Waals surface area (Å²) in [6.07, 6.45) is 13.9. The summed E-state index contributed by atoms with van der Waals surface area (Å²) in [5.41, 5.74) is 0. The molecule has 1 nitrogen and oxygen atoms in total. The highest BCUT2D eigenvalue weighted by Crippen LogP contribution is 2.36. The van der Waals surface area contributed by atoms with Crippen molar-refractivity contribution in [1.82, 2.24) is 5.32 Å². The van der Waals surface area contributed by atoms with Crippen molar-refractivity contribution < 1.29 is 0 Å². The Morgan fingerprint density at radius 2 is 1.41 bits per heavy atom. The van der Waals surface area contributed by atoms with E-state index in [0.29, 0.717) is 0 Å². The van der Waals surface area contributed by atoms with Gasteiger partial charge in [-0.2, -0.15) is 0 Å². The minimum absolute atomic E-state index is 0.753. The summed E-state index contributed by atoms with van der Waals surface area (Å²) in [6, 6.07) is 1.52. The summed E-state index contributed by atoms with van der Waals surface area (Å²) < 4.78 is 0. The van der Waals surface area contributed by atoms with Gasteiger partial charge in [0.15, 0.2) is 0 Å². The van der Waals surface area contributed by atoms with Crippen LogP contribution in [0.4, 0.5) is 0 Å². The average molecular weight is 380 g/mol. The maximum absolute atomic E-state index is 4.11. The molecule has 0 bridgehead atoms. The molecule has 1 saturated heterocycles. The van der Waals surface area contributed by atoms with E-state index in [2.05, 4.69) is 60.7 Å². The molecule has 1 fully saturated rings. The van der Waals surface area contributed by atoms with Gasteiger partial charge >= 0.3 is 0 Å². The van der Waals surface area contributed by atoms with Crippen LogP contribution in [0.15, 0.2) is 0 Å². The molecule has 0 amide bonds. The van der Waals surface area contributed by atoms with Crippen LogP contribution in [0.2, 0.25) is 0 Å². The molecule has 27 heavy (non-hydrogen) atoms. The van der Waals surface area contributed by atoms with Crippen molar-refractivity contribution >= 4 is 0 Å². The van der Waals surface area contributed by atoms with Crippen molar-refractivity contribution in [2.75, 3.05) is 0 Å². The van der Waals surface area contributed by atoms with Crippen molar-refractivity contribution in [3.63, 3.8) is 0 Å². The summed E-state index contributed by atoms with van der Waals surface area (Å²) >= 11 is 0. The summed E-state index contributed by atoms with van der Waals surface area (Å²) in [5, 5.41) is 4.11. The lowest BCUT2D eigenvalue weighted by molar-refractivity contribution is 0.222. The maximum Gasteiger partial charge on any atom is 0.00985 e. The van der Waals surface area contributed by atoms with Crippen LogP contribution in [0, 0.1) is 35.5 Å². The molecular formula is C26H53N. The molecule has 1 aliphatic heterocycles. The highest BCUT2D eigenvalue weighted by Gasteiger charge is 2.34. The Labute approximate surface area is 172 Å². The SMILES string of the molecule is CCCC(CC)C(C)CC1NC(CC(CCC)C(CC)CC(C)C)CC1C. The van der Waals surface area contributed by atoms with Crippen LogP contribution >= 0.6 is 0 Å². The highest BCUT2D eigenvalue weighted by molar-refractivity contribution is 4.91. The van der Waals surface area contributed by atoms with E-state index in [1.807, 2.05) is 0 Å². The first-order valence-electron chi connectivity index (χ1n) is 12.6. The van der Waals surface area contributed by atoms with Crippen molar-refractivity contribution in [2.24, 2.45) is 35.5 Å². The topological polar surface area (TPSA) is 12.0 Å². The molecule has 0 spiro atoms. The monoisotopic (exact) mass is 379 g/mol. The molecule has 7 atom stereocenters. The van der Waals surface area contributed by atoms with Gasteiger partial charge in [0.25, 0.3) is 0 Å². The predicted octanol–water partition coefficient (Wildman–Crippen LogP) is 8.08. The number of rotatable bonds is 14. The second-order valence-corrected chi connectivity index (χ2v) is 10.4. The Bertz CT molecular complexity index is 363. The zero-order chi connectivity index (χ0) is 20.4. The third-order valence-electron chi connectivity index (χ3n) is 7.62. The molecule has 1 heterocycles. The fourth-order valence-electron chi connectivity index (χ4n) is 6.05. The van der Waals surface area contributed by atoms with Crippen LogP contribution < -0.4 is 5.32 Å². The summed E-state index contributed by atoms with van der Waals surface area (Å²) in [4.78, 5) is 0. The molecule has 1 heteroatoms. The number of hydrogen-bond donors (Lipinski definition) is 1. The van der Waals surface area contributed by atoms with Gasteiger partial charge in [-0.1, -0.05) is 93.9 Å².